The highest BCUT2D eigenvalue weighted by Gasteiger charge is 2.10. The van der Waals surface area contributed by atoms with Gasteiger partial charge in [-0.2, -0.15) is 5.26 Å². The average Bonchev–Trinajstić information content (AvgIpc) is 2.02. The lowest BCUT2D eigenvalue weighted by Gasteiger charge is -2.21. The molecular weight excluding hydrogens is 178 g/mol. The fourth-order valence-electron chi connectivity index (χ4n) is 0.936. The summed E-state index contributed by atoms with van der Waals surface area (Å²) in [6.45, 7) is 6.10. The van der Waals surface area contributed by atoms with Gasteiger partial charge in [-0.05, 0) is 20.8 Å². The Balaban J connectivity index is 2.79. The molecule has 2 N–H and O–H groups in total. The Kier molecular flexibility index (Phi) is 2.87. The third-order valence-electron chi connectivity index (χ3n) is 1.35. The van der Waals surface area contributed by atoms with Crippen LogP contribution in [-0.2, 0) is 0 Å². The van der Waals surface area contributed by atoms with E-state index in [-0.39, 0.29) is 5.54 Å². The van der Waals surface area contributed by atoms with Crippen molar-refractivity contribution >= 4 is 11.6 Å². The lowest BCUT2D eigenvalue weighted by Crippen LogP contribution is -2.26. The molecule has 1 rings (SSSR count). The van der Waals surface area contributed by atoms with Crippen molar-refractivity contribution in [2.75, 3.05) is 10.6 Å². The zero-order valence-corrected chi connectivity index (χ0v) is 8.50. The summed E-state index contributed by atoms with van der Waals surface area (Å²) in [6, 6.07) is 1.69. The largest absolute Gasteiger partial charge is 0.365 e. The van der Waals surface area contributed by atoms with E-state index in [1.807, 2.05) is 20.8 Å². The van der Waals surface area contributed by atoms with Crippen LogP contribution in [-0.4, -0.2) is 15.5 Å². The topological polar surface area (TPSA) is 73.6 Å². The van der Waals surface area contributed by atoms with Crippen LogP contribution in [0.5, 0.6) is 0 Å². The zero-order valence-electron chi connectivity index (χ0n) is 8.50. The average molecular weight is 191 g/mol. The molecular formula is C9H13N5. The van der Waals surface area contributed by atoms with Crippen molar-refractivity contribution in [3.63, 3.8) is 0 Å². The van der Waals surface area contributed by atoms with Gasteiger partial charge in [-0.1, -0.05) is 0 Å². The lowest BCUT2D eigenvalue weighted by molar-refractivity contribution is 0.630. The zero-order chi connectivity index (χ0) is 10.6. The molecule has 14 heavy (non-hydrogen) atoms. The molecule has 74 valence electrons. The minimum Gasteiger partial charge on any atom is -0.365 e. The summed E-state index contributed by atoms with van der Waals surface area (Å²) >= 11 is 0. The molecule has 0 saturated carbocycles. The van der Waals surface area contributed by atoms with Crippen LogP contribution >= 0.6 is 0 Å². The van der Waals surface area contributed by atoms with Crippen molar-refractivity contribution in [1.82, 2.24) is 9.97 Å². The first-order valence-electron chi connectivity index (χ1n) is 4.26. The summed E-state index contributed by atoms with van der Waals surface area (Å²) in [7, 11) is 0. The van der Waals surface area contributed by atoms with Crippen molar-refractivity contribution < 1.29 is 0 Å². The second kappa shape index (κ2) is 3.92. The Bertz CT molecular complexity index is 347. The predicted molar refractivity (Wildman–Crippen MR) is 54.6 cm³/mol. The summed E-state index contributed by atoms with van der Waals surface area (Å²) in [5.41, 5.74) is -0.0573. The molecule has 0 aliphatic heterocycles. The van der Waals surface area contributed by atoms with Gasteiger partial charge in [0, 0.05) is 11.6 Å². The van der Waals surface area contributed by atoms with Crippen LogP contribution in [0, 0.1) is 11.5 Å². The Morgan fingerprint density at radius 2 is 1.93 bits per heavy atom. The number of nitriles is 1. The maximum absolute atomic E-state index is 8.40. The molecule has 0 saturated heterocycles. The van der Waals surface area contributed by atoms with Gasteiger partial charge in [-0.15, -0.1) is 0 Å². The van der Waals surface area contributed by atoms with E-state index in [1.54, 1.807) is 12.3 Å². The number of aromatic nitrogens is 2. The third-order valence-corrected chi connectivity index (χ3v) is 1.35. The van der Waals surface area contributed by atoms with Gasteiger partial charge >= 0.3 is 0 Å². The number of rotatable bonds is 2. The molecule has 0 radical (unpaired) electrons. The Morgan fingerprint density at radius 1 is 1.29 bits per heavy atom. The summed E-state index contributed by atoms with van der Waals surface area (Å²) < 4.78 is 0. The molecule has 5 nitrogen and oxygen atoms in total. The van der Waals surface area contributed by atoms with E-state index in [0.29, 0.717) is 11.6 Å². The van der Waals surface area contributed by atoms with E-state index in [1.165, 1.54) is 6.33 Å². The maximum atomic E-state index is 8.40. The monoisotopic (exact) mass is 191 g/mol. The molecule has 0 unspecified atom stereocenters. The van der Waals surface area contributed by atoms with E-state index in [2.05, 4.69) is 20.6 Å². The van der Waals surface area contributed by atoms with Crippen LogP contribution in [0.25, 0.3) is 0 Å². The van der Waals surface area contributed by atoms with Crippen molar-refractivity contribution in [2.24, 2.45) is 0 Å². The third kappa shape index (κ3) is 3.27. The van der Waals surface area contributed by atoms with Crippen LogP contribution in [0.2, 0.25) is 0 Å². The molecule has 0 amide bonds. The molecule has 1 aromatic rings. The summed E-state index contributed by atoms with van der Waals surface area (Å²) in [5, 5.41) is 14.0. The second-order valence-corrected chi connectivity index (χ2v) is 3.90. The number of hydrogen-bond acceptors (Lipinski definition) is 5. The van der Waals surface area contributed by atoms with E-state index in [0.717, 1.165) is 0 Å². The highest BCUT2D eigenvalue weighted by Crippen LogP contribution is 2.13. The first-order chi connectivity index (χ1) is 6.51. The molecule has 0 fully saturated rings. The molecule has 0 aliphatic carbocycles. The second-order valence-electron chi connectivity index (χ2n) is 3.90. The normalized spacial score (nSPS) is 10.4. The SMILES string of the molecule is CC(C)(C)Nc1cc(NC#N)ncn1. The van der Waals surface area contributed by atoms with E-state index in [9.17, 15) is 0 Å². The van der Waals surface area contributed by atoms with Gasteiger partial charge in [-0.3, -0.25) is 5.32 Å². The molecule has 1 aromatic heterocycles. The van der Waals surface area contributed by atoms with Crippen LogP contribution < -0.4 is 10.6 Å². The van der Waals surface area contributed by atoms with E-state index < -0.39 is 0 Å². The quantitative estimate of drug-likeness (QED) is 0.548. The molecule has 0 spiro atoms. The van der Waals surface area contributed by atoms with Crippen molar-refractivity contribution in [3.05, 3.63) is 12.4 Å². The number of hydrogen-bond donors (Lipinski definition) is 2. The molecule has 0 aliphatic rings. The van der Waals surface area contributed by atoms with Gasteiger partial charge < -0.3 is 5.32 Å². The van der Waals surface area contributed by atoms with Crippen LogP contribution in [0.3, 0.4) is 0 Å². The Labute approximate surface area is 83.2 Å². The molecule has 0 bridgehead atoms. The Morgan fingerprint density at radius 3 is 2.50 bits per heavy atom. The van der Waals surface area contributed by atoms with Gasteiger partial charge in [0.15, 0.2) is 6.19 Å². The molecule has 5 heteroatoms. The minimum atomic E-state index is -0.0573. The van der Waals surface area contributed by atoms with Gasteiger partial charge in [-0.25, -0.2) is 9.97 Å². The highest BCUT2D eigenvalue weighted by atomic mass is 15.1. The van der Waals surface area contributed by atoms with Gasteiger partial charge in [0.25, 0.3) is 0 Å². The number of anilines is 2. The molecule has 0 atom stereocenters. The highest BCUT2D eigenvalue weighted by molar-refractivity contribution is 5.49. The van der Waals surface area contributed by atoms with Crippen LogP contribution in [0.1, 0.15) is 20.8 Å². The Hall–Kier alpha value is -1.83. The van der Waals surface area contributed by atoms with E-state index >= 15 is 0 Å². The fourth-order valence-corrected chi connectivity index (χ4v) is 0.936. The van der Waals surface area contributed by atoms with Gasteiger partial charge in [0.05, 0.1) is 0 Å². The van der Waals surface area contributed by atoms with Crippen molar-refractivity contribution in [3.8, 4) is 6.19 Å². The van der Waals surface area contributed by atoms with Crippen molar-refractivity contribution in [1.29, 1.82) is 5.26 Å². The molecule has 0 aromatic carbocycles. The van der Waals surface area contributed by atoms with Gasteiger partial charge in [0.1, 0.15) is 18.0 Å². The van der Waals surface area contributed by atoms with Gasteiger partial charge in [0.2, 0.25) is 0 Å². The summed E-state index contributed by atoms with van der Waals surface area (Å²) in [4.78, 5) is 7.91. The fraction of sp³-hybridized carbons (Fsp3) is 0.444. The minimum absolute atomic E-state index is 0.0573. The number of nitrogens with zero attached hydrogens (tertiary/aromatic N) is 3. The number of nitrogens with one attached hydrogen (secondary N) is 2. The standard InChI is InChI=1S/C9H13N5/c1-9(2,3)14-8-4-7(11-5-10)12-6-13-8/h4,6H,1-3H3,(H2,11,12,13,14). The summed E-state index contributed by atoms with van der Waals surface area (Å²) in [5.74, 6) is 1.19. The predicted octanol–water partition coefficient (Wildman–Crippen LogP) is 1.58. The smallest absolute Gasteiger partial charge is 0.182 e. The van der Waals surface area contributed by atoms with Crippen LogP contribution in [0.15, 0.2) is 12.4 Å². The molecule has 1 heterocycles. The first-order valence-corrected chi connectivity index (χ1v) is 4.26. The first kappa shape index (κ1) is 10.3. The lowest BCUT2D eigenvalue weighted by atomic mass is 10.1. The maximum Gasteiger partial charge on any atom is 0.182 e. The summed E-state index contributed by atoms with van der Waals surface area (Å²) in [6.07, 6.45) is 3.22. The van der Waals surface area contributed by atoms with E-state index in [4.69, 9.17) is 5.26 Å². The van der Waals surface area contributed by atoms with Crippen molar-refractivity contribution in [2.45, 2.75) is 26.3 Å². The van der Waals surface area contributed by atoms with Crippen LogP contribution in [0.4, 0.5) is 11.6 Å².